The molecular formula is C29H30N4O4. The Balaban J connectivity index is 1.77. The van der Waals surface area contributed by atoms with E-state index in [2.05, 4.69) is 10.3 Å². The Bertz CT molecular complexity index is 1450. The average molecular weight is 499 g/mol. The summed E-state index contributed by atoms with van der Waals surface area (Å²) in [6.45, 7) is 6.04. The molecule has 37 heavy (non-hydrogen) atoms. The third-order valence-electron chi connectivity index (χ3n) is 6.11. The van der Waals surface area contributed by atoms with Crippen molar-refractivity contribution in [2.24, 2.45) is 10.7 Å². The molecule has 0 atom stereocenters. The van der Waals surface area contributed by atoms with Crippen molar-refractivity contribution in [1.82, 2.24) is 10.3 Å². The van der Waals surface area contributed by atoms with E-state index >= 15 is 0 Å². The van der Waals surface area contributed by atoms with Crippen LogP contribution in [0.15, 0.2) is 77.8 Å². The molecule has 4 aromatic rings. The van der Waals surface area contributed by atoms with Crippen molar-refractivity contribution in [3.8, 4) is 5.88 Å². The van der Waals surface area contributed by atoms with Gasteiger partial charge in [0.05, 0.1) is 35.7 Å². The van der Waals surface area contributed by atoms with E-state index in [4.69, 9.17) is 15.5 Å². The fourth-order valence-electron chi connectivity index (χ4n) is 4.12. The Hall–Kier alpha value is -4.43. The summed E-state index contributed by atoms with van der Waals surface area (Å²) in [6, 6.07) is 22.4. The lowest BCUT2D eigenvalue weighted by Gasteiger charge is -2.26. The first-order chi connectivity index (χ1) is 17.7. The summed E-state index contributed by atoms with van der Waals surface area (Å²) in [4.78, 5) is 31.3. The number of nitrogens with one attached hydrogen (secondary N) is 2. The van der Waals surface area contributed by atoms with E-state index in [0.29, 0.717) is 28.0 Å². The molecule has 1 amide bonds. The van der Waals surface area contributed by atoms with E-state index in [1.165, 1.54) is 0 Å². The van der Waals surface area contributed by atoms with Crippen molar-refractivity contribution < 1.29 is 19.4 Å². The maximum absolute atomic E-state index is 12.2. The highest BCUT2D eigenvalue weighted by molar-refractivity contribution is 6.22. The number of aromatic amines is 1. The molecule has 0 bridgehead atoms. The van der Waals surface area contributed by atoms with Gasteiger partial charge < -0.3 is 20.6 Å². The van der Waals surface area contributed by atoms with Crippen molar-refractivity contribution in [2.45, 2.75) is 26.3 Å². The summed E-state index contributed by atoms with van der Waals surface area (Å²) in [5.74, 6) is -0.896. The molecular weight excluding hydrogens is 468 g/mol. The summed E-state index contributed by atoms with van der Waals surface area (Å²) >= 11 is 0. The van der Waals surface area contributed by atoms with Crippen LogP contribution in [-0.4, -0.2) is 40.8 Å². The Morgan fingerprint density at radius 2 is 1.73 bits per heavy atom. The molecule has 0 aliphatic rings. The van der Waals surface area contributed by atoms with Crippen molar-refractivity contribution in [1.29, 1.82) is 0 Å². The number of primary amides is 1. The summed E-state index contributed by atoms with van der Waals surface area (Å²) in [7, 11) is 0. The van der Waals surface area contributed by atoms with Gasteiger partial charge in [-0.15, -0.1) is 0 Å². The van der Waals surface area contributed by atoms with Gasteiger partial charge in [-0.1, -0.05) is 48.5 Å². The van der Waals surface area contributed by atoms with E-state index < -0.39 is 17.4 Å². The molecule has 8 nitrogen and oxygen atoms in total. The van der Waals surface area contributed by atoms with E-state index in [0.717, 1.165) is 16.5 Å². The van der Waals surface area contributed by atoms with Crippen molar-refractivity contribution in [3.63, 3.8) is 0 Å². The predicted molar refractivity (Wildman–Crippen MR) is 144 cm³/mol. The minimum Gasteiger partial charge on any atom is -0.494 e. The lowest BCUT2D eigenvalue weighted by Crippen LogP contribution is -2.41. The summed E-state index contributed by atoms with van der Waals surface area (Å²) in [6.07, 6.45) is 0. The van der Waals surface area contributed by atoms with Crippen LogP contribution in [0.4, 0.5) is 5.69 Å². The van der Waals surface area contributed by atoms with Crippen LogP contribution in [-0.2, 0) is 15.1 Å². The Kier molecular flexibility index (Phi) is 7.40. The SMILES string of the molecule is CCOC(=O)c1ccc2c(C(=Nc3ccc(C(C)(C)NCC(N)=O)cc3)c3ccccc3)c(O)[nH]c2c1. The zero-order valence-electron chi connectivity index (χ0n) is 21.0. The smallest absolute Gasteiger partial charge is 0.338 e. The molecule has 0 aliphatic heterocycles. The van der Waals surface area contributed by atoms with Crippen molar-refractivity contribution in [3.05, 3.63) is 95.1 Å². The number of H-pyrrole nitrogens is 1. The second-order valence-electron chi connectivity index (χ2n) is 9.15. The molecule has 0 spiro atoms. The van der Waals surface area contributed by atoms with E-state index in [1.54, 1.807) is 25.1 Å². The fraction of sp³-hybridized carbons (Fsp3) is 0.207. The highest BCUT2D eigenvalue weighted by Gasteiger charge is 2.22. The zero-order valence-corrected chi connectivity index (χ0v) is 21.0. The number of hydrogen-bond acceptors (Lipinski definition) is 6. The van der Waals surface area contributed by atoms with E-state index in [1.807, 2.05) is 68.4 Å². The van der Waals surface area contributed by atoms with Gasteiger partial charge in [-0.2, -0.15) is 0 Å². The molecule has 190 valence electrons. The van der Waals surface area contributed by atoms with Crippen LogP contribution < -0.4 is 11.1 Å². The average Bonchev–Trinajstić information content (AvgIpc) is 3.21. The van der Waals surface area contributed by atoms with Gasteiger partial charge in [-0.25, -0.2) is 9.79 Å². The van der Waals surface area contributed by atoms with Gasteiger partial charge in [-0.05, 0) is 50.6 Å². The van der Waals surface area contributed by atoms with Crippen molar-refractivity contribution >= 4 is 34.2 Å². The first-order valence-electron chi connectivity index (χ1n) is 12.0. The normalized spacial score (nSPS) is 12.0. The van der Waals surface area contributed by atoms with Crippen LogP contribution >= 0.6 is 0 Å². The number of ether oxygens (including phenoxy) is 1. The van der Waals surface area contributed by atoms with Crippen LogP contribution in [0, 0.1) is 0 Å². The third-order valence-corrected chi connectivity index (χ3v) is 6.11. The number of aromatic nitrogens is 1. The number of nitrogens with two attached hydrogens (primary N) is 1. The van der Waals surface area contributed by atoms with Gasteiger partial charge in [0.15, 0.2) is 5.88 Å². The summed E-state index contributed by atoms with van der Waals surface area (Å²) in [5.41, 5.74) is 9.38. The van der Waals surface area contributed by atoms with Gasteiger partial charge in [0.1, 0.15) is 0 Å². The molecule has 4 rings (SSSR count). The number of carbonyl (C=O) groups excluding carboxylic acids is 2. The largest absolute Gasteiger partial charge is 0.494 e. The van der Waals surface area contributed by atoms with Gasteiger partial charge in [-0.3, -0.25) is 10.1 Å². The number of carbonyl (C=O) groups is 2. The summed E-state index contributed by atoms with van der Waals surface area (Å²) < 4.78 is 5.10. The number of nitrogens with zero attached hydrogens (tertiary/aromatic N) is 1. The lowest BCUT2D eigenvalue weighted by molar-refractivity contribution is -0.117. The number of aliphatic imine (C=N–C) groups is 1. The highest BCUT2D eigenvalue weighted by atomic mass is 16.5. The number of aromatic hydroxyl groups is 1. The molecule has 5 N–H and O–H groups in total. The molecule has 0 unspecified atom stereocenters. The van der Waals surface area contributed by atoms with E-state index in [-0.39, 0.29) is 19.0 Å². The number of rotatable bonds is 9. The van der Waals surface area contributed by atoms with Crippen LogP contribution in [0.25, 0.3) is 10.9 Å². The van der Waals surface area contributed by atoms with Crippen LogP contribution in [0.1, 0.15) is 47.8 Å². The maximum atomic E-state index is 12.2. The van der Waals surface area contributed by atoms with Crippen molar-refractivity contribution in [2.75, 3.05) is 13.2 Å². The van der Waals surface area contributed by atoms with E-state index in [9.17, 15) is 14.7 Å². The molecule has 0 radical (unpaired) electrons. The number of fused-ring (bicyclic) bond motifs is 1. The number of esters is 1. The van der Waals surface area contributed by atoms with Crippen LogP contribution in [0.3, 0.4) is 0 Å². The minimum absolute atomic E-state index is 0.0491. The molecule has 0 fully saturated rings. The van der Waals surface area contributed by atoms with Gasteiger partial charge in [0.25, 0.3) is 0 Å². The standard InChI is InChI=1S/C29H30N4O4/c1-4-37-28(36)19-10-15-22-23(16-19)33-27(35)25(22)26(18-8-6-5-7-9-18)32-21-13-11-20(12-14-21)29(2,3)31-17-24(30)34/h5-16,31,33,35H,4,17H2,1-3H3,(H2,30,34). The highest BCUT2D eigenvalue weighted by Crippen LogP contribution is 2.32. The molecule has 0 saturated carbocycles. The number of benzene rings is 3. The Labute approximate surface area is 215 Å². The quantitative estimate of drug-likeness (QED) is 0.199. The number of hydrogen-bond donors (Lipinski definition) is 4. The molecule has 3 aromatic carbocycles. The first-order valence-corrected chi connectivity index (χ1v) is 12.0. The zero-order chi connectivity index (χ0) is 26.6. The fourth-order valence-corrected chi connectivity index (χ4v) is 4.12. The van der Waals surface area contributed by atoms with Gasteiger partial charge in [0, 0.05) is 22.0 Å². The lowest BCUT2D eigenvalue weighted by atomic mass is 9.94. The Morgan fingerprint density at radius 3 is 2.38 bits per heavy atom. The molecule has 0 saturated heterocycles. The monoisotopic (exact) mass is 498 g/mol. The predicted octanol–water partition coefficient (Wildman–Crippen LogP) is 4.53. The molecule has 8 heteroatoms. The second kappa shape index (κ2) is 10.7. The Morgan fingerprint density at radius 1 is 1.03 bits per heavy atom. The second-order valence-corrected chi connectivity index (χ2v) is 9.15. The van der Waals surface area contributed by atoms with Gasteiger partial charge >= 0.3 is 5.97 Å². The molecule has 1 heterocycles. The number of amides is 1. The molecule has 0 aliphatic carbocycles. The first kappa shape index (κ1) is 25.7. The van der Waals surface area contributed by atoms with Gasteiger partial charge in [0.2, 0.25) is 5.91 Å². The molecule has 1 aromatic heterocycles. The topological polar surface area (TPSA) is 130 Å². The minimum atomic E-state index is -0.467. The summed E-state index contributed by atoms with van der Waals surface area (Å²) in [5, 5.41) is 14.8. The van der Waals surface area contributed by atoms with Crippen LogP contribution in [0.5, 0.6) is 5.88 Å². The maximum Gasteiger partial charge on any atom is 0.338 e. The third kappa shape index (κ3) is 5.70. The van der Waals surface area contributed by atoms with Crippen LogP contribution in [0.2, 0.25) is 0 Å².